The molecule has 0 amide bonds. The van der Waals surface area contributed by atoms with E-state index in [0.29, 0.717) is 0 Å². The summed E-state index contributed by atoms with van der Waals surface area (Å²) in [4.78, 5) is 10.8. The van der Waals surface area contributed by atoms with Gasteiger partial charge in [0, 0.05) is 6.42 Å². The third-order valence-electron chi connectivity index (χ3n) is 1.74. The van der Waals surface area contributed by atoms with Crippen LogP contribution in [0.25, 0.3) is 0 Å². The van der Waals surface area contributed by atoms with E-state index in [4.69, 9.17) is 5.73 Å². The molecule has 5 heteroatoms. The zero-order valence-corrected chi connectivity index (χ0v) is 7.80. The molecule has 0 radical (unpaired) electrons. The van der Waals surface area contributed by atoms with Crippen LogP contribution in [-0.2, 0) is 9.53 Å². The molecule has 0 spiro atoms. The van der Waals surface area contributed by atoms with E-state index in [1.165, 1.54) is 7.11 Å². The Balaban J connectivity index is 3.77. The summed E-state index contributed by atoms with van der Waals surface area (Å²) in [6.07, 6.45) is -2.35. The second-order valence-corrected chi connectivity index (χ2v) is 3.10. The Labute approximate surface area is 76.2 Å². The number of nitrogens with two attached hydrogens (primary N) is 1. The van der Waals surface area contributed by atoms with E-state index in [-0.39, 0.29) is 18.8 Å². The smallest absolute Gasteiger partial charge is 0.322 e. The van der Waals surface area contributed by atoms with Crippen molar-refractivity contribution in [1.29, 1.82) is 0 Å². The minimum absolute atomic E-state index is 0.231. The average molecular weight is 195 g/mol. The Kier molecular flexibility index (Phi) is 5.53. The number of alkyl halides is 2. The molecule has 2 unspecified atom stereocenters. The van der Waals surface area contributed by atoms with Crippen molar-refractivity contribution >= 4 is 5.97 Å². The highest BCUT2D eigenvalue weighted by Crippen LogP contribution is 2.15. The molecular formula is C8H15F2NO2. The van der Waals surface area contributed by atoms with Gasteiger partial charge in [0.2, 0.25) is 6.43 Å². The van der Waals surface area contributed by atoms with E-state index < -0.39 is 18.4 Å². The van der Waals surface area contributed by atoms with Gasteiger partial charge in [-0.2, -0.15) is 0 Å². The van der Waals surface area contributed by atoms with Gasteiger partial charge in [-0.15, -0.1) is 0 Å². The number of hydrogen-bond donors (Lipinski definition) is 1. The van der Waals surface area contributed by atoms with Crippen LogP contribution in [-0.4, -0.2) is 25.5 Å². The second-order valence-electron chi connectivity index (χ2n) is 3.10. The molecule has 0 rings (SSSR count). The van der Waals surface area contributed by atoms with Crippen LogP contribution in [0.3, 0.4) is 0 Å². The van der Waals surface area contributed by atoms with Gasteiger partial charge >= 0.3 is 5.97 Å². The van der Waals surface area contributed by atoms with E-state index in [2.05, 4.69) is 4.74 Å². The number of rotatable bonds is 5. The molecule has 2 N–H and O–H groups in total. The molecule has 0 aromatic heterocycles. The lowest BCUT2D eigenvalue weighted by Crippen LogP contribution is -2.33. The minimum Gasteiger partial charge on any atom is -0.468 e. The third-order valence-corrected chi connectivity index (χ3v) is 1.74. The fourth-order valence-electron chi connectivity index (χ4n) is 1.08. The summed E-state index contributed by atoms with van der Waals surface area (Å²) in [6, 6.07) is -0.793. The van der Waals surface area contributed by atoms with Crippen LogP contribution >= 0.6 is 0 Å². The average Bonchev–Trinajstić information content (AvgIpc) is 2.01. The Morgan fingerprint density at radius 2 is 2.00 bits per heavy atom. The molecule has 0 bridgehead atoms. The largest absolute Gasteiger partial charge is 0.468 e. The van der Waals surface area contributed by atoms with Crippen LogP contribution < -0.4 is 5.73 Å². The molecule has 0 fully saturated rings. The topological polar surface area (TPSA) is 52.3 Å². The summed E-state index contributed by atoms with van der Waals surface area (Å²) >= 11 is 0. The molecule has 3 nitrogen and oxygen atoms in total. The number of carbonyl (C=O) groups is 1. The summed E-state index contributed by atoms with van der Waals surface area (Å²) in [7, 11) is 1.22. The van der Waals surface area contributed by atoms with Crippen molar-refractivity contribution in [2.75, 3.05) is 7.11 Å². The molecule has 0 aromatic carbocycles. The number of hydrogen-bond acceptors (Lipinski definition) is 3. The number of halogens is 2. The first kappa shape index (κ1) is 12.3. The van der Waals surface area contributed by atoms with Crippen molar-refractivity contribution in [3.8, 4) is 0 Å². The molecule has 0 saturated carbocycles. The molecule has 13 heavy (non-hydrogen) atoms. The molecular weight excluding hydrogens is 180 g/mol. The van der Waals surface area contributed by atoms with Crippen LogP contribution in [0.4, 0.5) is 8.78 Å². The lowest BCUT2D eigenvalue weighted by Gasteiger charge is -2.14. The zero-order valence-electron chi connectivity index (χ0n) is 7.80. The van der Waals surface area contributed by atoms with Gasteiger partial charge in [-0.1, -0.05) is 6.92 Å². The Hall–Kier alpha value is -0.710. The van der Waals surface area contributed by atoms with Gasteiger partial charge in [0.25, 0.3) is 0 Å². The molecule has 0 aliphatic carbocycles. The van der Waals surface area contributed by atoms with E-state index >= 15 is 0 Å². The lowest BCUT2D eigenvalue weighted by atomic mass is 9.99. The summed E-state index contributed by atoms with van der Waals surface area (Å²) in [5, 5.41) is 0. The van der Waals surface area contributed by atoms with Gasteiger partial charge in [0.1, 0.15) is 6.04 Å². The fraction of sp³-hybridized carbons (Fsp3) is 0.875. The monoisotopic (exact) mass is 195 g/mol. The summed E-state index contributed by atoms with van der Waals surface area (Å²) in [6.45, 7) is 1.63. The van der Waals surface area contributed by atoms with Gasteiger partial charge in [0.15, 0.2) is 0 Å². The van der Waals surface area contributed by atoms with E-state index in [1.807, 2.05) is 0 Å². The van der Waals surface area contributed by atoms with Crippen molar-refractivity contribution in [2.24, 2.45) is 11.7 Å². The number of methoxy groups -OCH3 is 1. The maximum atomic E-state index is 11.9. The lowest BCUT2D eigenvalue weighted by molar-refractivity contribution is -0.142. The standard InChI is InChI=1S/C8H15F2NO2/c1-5(4-7(9)10)3-6(11)8(12)13-2/h5-7H,3-4,11H2,1-2H3. The molecule has 2 atom stereocenters. The van der Waals surface area contributed by atoms with Crippen molar-refractivity contribution < 1.29 is 18.3 Å². The molecule has 0 heterocycles. The highest BCUT2D eigenvalue weighted by molar-refractivity contribution is 5.75. The van der Waals surface area contributed by atoms with Crippen LogP contribution in [0.15, 0.2) is 0 Å². The van der Waals surface area contributed by atoms with Crippen LogP contribution in [0, 0.1) is 5.92 Å². The van der Waals surface area contributed by atoms with Crippen molar-refractivity contribution in [3.05, 3.63) is 0 Å². The maximum Gasteiger partial charge on any atom is 0.322 e. The van der Waals surface area contributed by atoms with Crippen molar-refractivity contribution in [2.45, 2.75) is 32.2 Å². The Morgan fingerprint density at radius 3 is 2.38 bits per heavy atom. The molecule has 0 aliphatic heterocycles. The van der Waals surface area contributed by atoms with Crippen LogP contribution in [0.5, 0.6) is 0 Å². The summed E-state index contributed by atoms with van der Waals surface area (Å²) < 4.78 is 28.1. The van der Waals surface area contributed by atoms with Gasteiger partial charge in [-0.3, -0.25) is 4.79 Å². The first-order valence-corrected chi connectivity index (χ1v) is 4.09. The Bertz CT molecular complexity index is 164. The Morgan fingerprint density at radius 1 is 1.46 bits per heavy atom. The van der Waals surface area contributed by atoms with Crippen molar-refractivity contribution in [1.82, 2.24) is 0 Å². The zero-order chi connectivity index (χ0) is 10.4. The van der Waals surface area contributed by atoms with Gasteiger partial charge in [0.05, 0.1) is 7.11 Å². The number of carbonyl (C=O) groups excluding carboxylic acids is 1. The normalized spacial score (nSPS) is 15.5. The summed E-state index contributed by atoms with van der Waals surface area (Å²) in [5.41, 5.74) is 5.38. The first-order valence-electron chi connectivity index (χ1n) is 4.09. The minimum atomic E-state index is -2.35. The molecule has 0 saturated heterocycles. The van der Waals surface area contributed by atoms with Crippen molar-refractivity contribution in [3.63, 3.8) is 0 Å². The highest BCUT2D eigenvalue weighted by atomic mass is 19.3. The highest BCUT2D eigenvalue weighted by Gasteiger charge is 2.19. The van der Waals surface area contributed by atoms with Crippen LogP contribution in [0.1, 0.15) is 19.8 Å². The van der Waals surface area contributed by atoms with Gasteiger partial charge in [-0.25, -0.2) is 8.78 Å². The SMILES string of the molecule is COC(=O)C(N)CC(C)CC(F)F. The molecule has 0 aliphatic rings. The van der Waals surface area contributed by atoms with Gasteiger partial charge in [-0.05, 0) is 12.3 Å². The first-order chi connectivity index (χ1) is 5.97. The van der Waals surface area contributed by atoms with E-state index in [1.54, 1.807) is 6.92 Å². The van der Waals surface area contributed by atoms with Crippen LogP contribution in [0.2, 0.25) is 0 Å². The predicted octanol–water partition coefficient (Wildman–Crippen LogP) is 1.17. The molecule has 78 valence electrons. The number of esters is 1. The molecule has 0 aromatic rings. The third kappa shape index (κ3) is 5.52. The number of ether oxygens (including phenoxy) is 1. The van der Waals surface area contributed by atoms with Gasteiger partial charge < -0.3 is 10.5 Å². The van der Waals surface area contributed by atoms with E-state index in [9.17, 15) is 13.6 Å². The van der Waals surface area contributed by atoms with E-state index in [0.717, 1.165) is 0 Å². The predicted molar refractivity (Wildman–Crippen MR) is 44.4 cm³/mol. The summed E-state index contributed by atoms with van der Waals surface area (Å²) in [5.74, 6) is -0.824. The fourth-order valence-corrected chi connectivity index (χ4v) is 1.08. The maximum absolute atomic E-state index is 11.9. The quantitative estimate of drug-likeness (QED) is 0.670. The second kappa shape index (κ2) is 5.85.